The van der Waals surface area contributed by atoms with E-state index in [0.717, 1.165) is 44.6 Å². The van der Waals surface area contributed by atoms with Gasteiger partial charge in [0.25, 0.3) is 5.91 Å². The first-order valence-corrected chi connectivity index (χ1v) is 10.2. The van der Waals surface area contributed by atoms with Gasteiger partial charge in [0.1, 0.15) is 0 Å². The molecule has 2 aromatic carbocycles. The van der Waals surface area contributed by atoms with Crippen molar-refractivity contribution >= 4 is 11.6 Å². The minimum absolute atomic E-state index is 0.00657. The van der Waals surface area contributed by atoms with E-state index in [1.807, 2.05) is 30.3 Å². The van der Waals surface area contributed by atoms with Gasteiger partial charge in [0.15, 0.2) is 6.10 Å². The molecule has 2 heterocycles. The van der Waals surface area contributed by atoms with Gasteiger partial charge in [0, 0.05) is 25.3 Å². The Morgan fingerprint density at radius 2 is 1.82 bits per heavy atom. The van der Waals surface area contributed by atoms with Crippen LogP contribution in [-0.2, 0) is 22.5 Å². The van der Waals surface area contributed by atoms with E-state index in [-0.39, 0.29) is 12.0 Å². The third-order valence-corrected chi connectivity index (χ3v) is 5.75. The van der Waals surface area contributed by atoms with Crippen LogP contribution in [0, 0.1) is 0 Å². The first kappa shape index (κ1) is 19.1. The fourth-order valence-electron chi connectivity index (χ4n) is 4.13. The molecule has 5 nitrogen and oxygen atoms in total. The maximum atomic E-state index is 12.6. The lowest BCUT2D eigenvalue weighted by Crippen LogP contribution is -2.47. The quantitative estimate of drug-likeness (QED) is 0.837. The molecule has 0 spiro atoms. The molecule has 2 N–H and O–H groups in total. The van der Waals surface area contributed by atoms with E-state index >= 15 is 0 Å². The largest absolute Gasteiger partial charge is 0.390 e. The highest BCUT2D eigenvalue weighted by Crippen LogP contribution is 2.25. The van der Waals surface area contributed by atoms with E-state index in [1.54, 1.807) is 0 Å². The number of ether oxygens (including phenoxy) is 1. The number of aliphatic hydroxyl groups excluding tert-OH is 1. The SMILES string of the molecule is O=C(Nc1ccccc1)C1OC(CCN2CCc3ccccc3C2)CCC1O. The summed E-state index contributed by atoms with van der Waals surface area (Å²) in [6.07, 6.45) is 1.81. The van der Waals surface area contributed by atoms with Crippen LogP contribution in [0.3, 0.4) is 0 Å². The van der Waals surface area contributed by atoms with Gasteiger partial charge in [-0.15, -0.1) is 0 Å². The summed E-state index contributed by atoms with van der Waals surface area (Å²) in [5, 5.41) is 13.1. The number of nitrogens with one attached hydrogen (secondary N) is 1. The Bertz CT molecular complexity index is 795. The smallest absolute Gasteiger partial charge is 0.256 e. The third kappa shape index (κ3) is 4.61. The lowest BCUT2D eigenvalue weighted by Gasteiger charge is -2.35. The Balaban J connectivity index is 1.29. The number of carbonyl (C=O) groups excluding carboxylic acids is 1. The summed E-state index contributed by atoms with van der Waals surface area (Å²) in [6, 6.07) is 17.9. The molecular formula is C23H28N2O3. The first-order valence-electron chi connectivity index (χ1n) is 10.2. The molecule has 4 rings (SSSR count). The molecule has 0 aromatic heterocycles. The number of nitrogens with zero attached hydrogens (tertiary/aromatic N) is 1. The van der Waals surface area contributed by atoms with Crippen molar-refractivity contribution in [2.24, 2.45) is 0 Å². The monoisotopic (exact) mass is 380 g/mol. The van der Waals surface area contributed by atoms with Crippen LogP contribution in [-0.4, -0.2) is 47.3 Å². The summed E-state index contributed by atoms with van der Waals surface area (Å²) in [4.78, 5) is 15.0. The summed E-state index contributed by atoms with van der Waals surface area (Å²) < 4.78 is 6.00. The number of amides is 1. The van der Waals surface area contributed by atoms with Crippen LogP contribution < -0.4 is 5.32 Å². The van der Waals surface area contributed by atoms with Crippen LogP contribution in [0.1, 0.15) is 30.4 Å². The van der Waals surface area contributed by atoms with Crippen molar-refractivity contribution in [3.8, 4) is 0 Å². The molecule has 2 aliphatic rings. The number of benzene rings is 2. The highest BCUT2D eigenvalue weighted by Gasteiger charge is 2.35. The number of hydrogen-bond donors (Lipinski definition) is 2. The van der Waals surface area contributed by atoms with Gasteiger partial charge in [-0.3, -0.25) is 9.69 Å². The van der Waals surface area contributed by atoms with Crippen LogP contribution in [0.4, 0.5) is 5.69 Å². The molecule has 2 aliphatic heterocycles. The second kappa shape index (κ2) is 8.86. The van der Waals surface area contributed by atoms with Gasteiger partial charge in [-0.1, -0.05) is 42.5 Å². The van der Waals surface area contributed by atoms with Crippen LogP contribution in [0.15, 0.2) is 54.6 Å². The number of carbonyl (C=O) groups is 1. The van der Waals surface area contributed by atoms with E-state index in [4.69, 9.17) is 4.74 Å². The first-order chi connectivity index (χ1) is 13.7. The van der Waals surface area contributed by atoms with Crippen molar-refractivity contribution < 1.29 is 14.6 Å². The molecule has 5 heteroatoms. The fourth-order valence-corrected chi connectivity index (χ4v) is 4.13. The predicted molar refractivity (Wildman–Crippen MR) is 109 cm³/mol. The lowest BCUT2D eigenvalue weighted by molar-refractivity contribution is -0.153. The van der Waals surface area contributed by atoms with Crippen molar-refractivity contribution in [2.75, 3.05) is 18.4 Å². The summed E-state index contributed by atoms with van der Waals surface area (Å²) in [7, 11) is 0. The van der Waals surface area contributed by atoms with Crippen molar-refractivity contribution in [1.29, 1.82) is 0 Å². The zero-order valence-corrected chi connectivity index (χ0v) is 16.1. The number of aliphatic hydroxyl groups is 1. The van der Waals surface area contributed by atoms with Crippen molar-refractivity contribution in [2.45, 2.75) is 50.5 Å². The van der Waals surface area contributed by atoms with Crippen molar-refractivity contribution in [3.05, 3.63) is 65.7 Å². The minimum Gasteiger partial charge on any atom is -0.390 e. The number of para-hydroxylation sites is 1. The summed E-state index contributed by atoms with van der Waals surface area (Å²) in [5.74, 6) is -0.268. The molecule has 1 saturated heterocycles. The molecule has 0 bridgehead atoms. The summed E-state index contributed by atoms with van der Waals surface area (Å²) in [6.45, 7) is 2.98. The second-order valence-corrected chi connectivity index (χ2v) is 7.76. The Hall–Kier alpha value is -2.21. The Morgan fingerprint density at radius 1 is 1.07 bits per heavy atom. The molecule has 0 saturated carbocycles. The molecule has 28 heavy (non-hydrogen) atoms. The lowest BCUT2D eigenvalue weighted by atomic mass is 9.97. The average molecular weight is 380 g/mol. The van der Waals surface area contributed by atoms with E-state index in [9.17, 15) is 9.90 Å². The van der Waals surface area contributed by atoms with E-state index < -0.39 is 12.2 Å². The molecule has 3 unspecified atom stereocenters. The molecule has 148 valence electrons. The maximum absolute atomic E-state index is 12.6. The zero-order valence-electron chi connectivity index (χ0n) is 16.1. The average Bonchev–Trinajstić information content (AvgIpc) is 2.73. The van der Waals surface area contributed by atoms with E-state index in [1.165, 1.54) is 11.1 Å². The van der Waals surface area contributed by atoms with Crippen LogP contribution in [0.5, 0.6) is 0 Å². The van der Waals surface area contributed by atoms with E-state index in [2.05, 4.69) is 34.5 Å². The molecule has 0 radical (unpaired) electrons. The standard InChI is InChI=1S/C23H28N2O3/c26-21-11-10-20(28-22(21)23(27)24-19-8-2-1-3-9-19)13-15-25-14-12-17-6-4-5-7-18(17)16-25/h1-9,20-22,26H,10-16H2,(H,24,27). The van der Waals surface area contributed by atoms with Gasteiger partial charge in [-0.05, 0) is 48.9 Å². The third-order valence-electron chi connectivity index (χ3n) is 5.75. The van der Waals surface area contributed by atoms with Crippen molar-refractivity contribution in [1.82, 2.24) is 4.90 Å². The Morgan fingerprint density at radius 3 is 2.64 bits per heavy atom. The summed E-state index contributed by atoms with van der Waals surface area (Å²) in [5.41, 5.74) is 3.58. The van der Waals surface area contributed by atoms with E-state index in [0.29, 0.717) is 6.42 Å². The van der Waals surface area contributed by atoms with Crippen LogP contribution >= 0.6 is 0 Å². The molecule has 1 amide bonds. The molecule has 0 aliphatic carbocycles. The van der Waals surface area contributed by atoms with Crippen LogP contribution in [0.2, 0.25) is 0 Å². The topological polar surface area (TPSA) is 61.8 Å². The van der Waals surface area contributed by atoms with Gasteiger partial charge in [-0.2, -0.15) is 0 Å². The molecule has 1 fully saturated rings. The zero-order chi connectivity index (χ0) is 19.3. The minimum atomic E-state index is -0.805. The Labute approximate surface area is 166 Å². The maximum Gasteiger partial charge on any atom is 0.256 e. The van der Waals surface area contributed by atoms with Gasteiger partial charge >= 0.3 is 0 Å². The van der Waals surface area contributed by atoms with Gasteiger partial charge in [0.05, 0.1) is 12.2 Å². The second-order valence-electron chi connectivity index (χ2n) is 7.76. The highest BCUT2D eigenvalue weighted by molar-refractivity contribution is 5.94. The predicted octanol–water partition coefficient (Wildman–Crippen LogP) is 2.98. The normalized spacial score (nSPS) is 25.1. The number of anilines is 1. The number of fused-ring (bicyclic) bond motifs is 1. The Kier molecular flexibility index (Phi) is 6.05. The number of rotatable bonds is 5. The van der Waals surface area contributed by atoms with Gasteiger partial charge in [0.2, 0.25) is 0 Å². The van der Waals surface area contributed by atoms with Gasteiger partial charge in [-0.25, -0.2) is 0 Å². The molecule has 3 atom stereocenters. The number of hydrogen-bond acceptors (Lipinski definition) is 4. The van der Waals surface area contributed by atoms with Crippen LogP contribution in [0.25, 0.3) is 0 Å². The van der Waals surface area contributed by atoms with Crippen molar-refractivity contribution in [3.63, 3.8) is 0 Å². The summed E-state index contributed by atoms with van der Waals surface area (Å²) >= 11 is 0. The highest BCUT2D eigenvalue weighted by atomic mass is 16.5. The molecule has 2 aromatic rings. The van der Waals surface area contributed by atoms with Gasteiger partial charge < -0.3 is 15.2 Å². The fraction of sp³-hybridized carbons (Fsp3) is 0.435. The molecular weight excluding hydrogens is 352 g/mol.